The largest absolute Gasteiger partial charge is 0.394 e. The van der Waals surface area contributed by atoms with Gasteiger partial charge < -0.3 is 53.6 Å². The van der Waals surface area contributed by atoms with Crippen LogP contribution in [-0.4, -0.2) is 108 Å². The highest BCUT2D eigenvalue weighted by Crippen LogP contribution is 2.37. The molecule has 0 saturated carbocycles. The summed E-state index contributed by atoms with van der Waals surface area (Å²) in [5.41, 5.74) is 0.807. The van der Waals surface area contributed by atoms with Crippen LogP contribution in [0.5, 0.6) is 0 Å². The predicted molar refractivity (Wildman–Crippen MR) is 123 cm³/mol. The number of rotatable bonds is 10. The number of benzene rings is 1. The van der Waals surface area contributed by atoms with Gasteiger partial charge in [-0.15, -0.1) is 13.2 Å². The molecule has 0 radical (unpaired) electrons. The Kier molecular flexibility index (Phi) is 9.61. The second-order valence-corrected chi connectivity index (χ2v) is 8.73. The van der Waals surface area contributed by atoms with Crippen molar-refractivity contribution in [3.63, 3.8) is 0 Å². The third kappa shape index (κ3) is 5.87. The van der Waals surface area contributed by atoms with Crippen molar-refractivity contribution in [2.75, 3.05) is 26.4 Å². The van der Waals surface area contributed by atoms with Gasteiger partial charge in [0.25, 0.3) is 0 Å². The SMILES string of the molecule is C=CCO[C@@H]1O[C@H](CO)[C@@H](O[C@@H]2O[C@@H]3CO[C@@H](c4ccccc4)O[C@@H]3[C@H](OCC=C)[C@H]2O)[C@H](O)[C@H]1O. The summed E-state index contributed by atoms with van der Waals surface area (Å²) in [7, 11) is 0. The standard InChI is InChI=1S/C25H34O11/c1-3-10-30-22-19(29)25(34-16-13-32-23(36-21(16)22)14-8-6-5-7-9-14)35-20-15(12-26)33-24(31-11-4-2)18(28)17(20)27/h3-9,15-29H,1-2,10-13H2/t15-,16-,17-,18-,19-,20-,21+,22-,23-,24-,25+/m1/s1. The summed E-state index contributed by atoms with van der Waals surface area (Å²) < 4.78 is 40.6. The van der Waals surface area contributed by atoms with E-state index in [0.29, 0.717) is 0 Å². The second-order valence-electron chi connectivity index (χ2n) is 8.73. The number of fused-ring (bicyclic) bond motifs is 1. The molecule has 3 aliphatic heterocycles. The van der Waals surface area contributed by atoms with E-state index in [1.807, 2.05) is 30.3 Å². The molecule has 11 atom stereocenters. The lowest BCUT2D eigenvalue weighted by atomic mass is 9.96. The Hall–Kier alpha value is -1.74. The maximum Gasteiger partial charge on any atom is 0.187 e. The van der Waals surface area contributed by atoms with Crippen molar-refractivity contribution in [3.8, 4) is 0 Å². The molecule has 11 heteroatoms. The molecule has 0 amide bonds. The zero-order valence-corrected chi connectivity index (χ0v) is 19.8. The number of aliphatic hydroxyl groups is 4. The Labute approximate surface area is 209 Å². The van der Waals surface area contributed by atoms with E-state index < -0.39 is 74.3 Å². The predicted octanol–water partition coefficient (Wildman–Crippen LogP) is -0.216. The van der Waals surface area contributed by atoms with Crippen LogP contribution in [0.4, 0.5) is 0 Å². The minimum atomic E-state index is -1.51. The monoisotopic (exact) mass is 510 g/mol. The van der Waals surface area contributed by atoms with Crippen molar-refractivity contribution < 1.29 is 53.6 Å². The van der Waals surface area contributed by atoms with E-state index in [0.717, 1.165) is 5.56 Å². The van der Waals surface area contributed by atoms with Crippen molar-refractivity contribution in [2.45, 2.75) is 67.7 Å². The van der Waals surface area contributed by atoms with Gasteiger partial charge in [-0.2, -0.15) is 0 Å². The maximum atomic E-state index is 11.1. The first-order chi connectivity index (χ1) is 17.5. The molecule has 1 aromatic rings. The zero-order valence-electron chi connectivity index (χ0n) is 19.8. The van der Waals surface area contributed by atoms with E-state index in [1.54, 1.807) is 6.08 Å². The lowest BCUT2D eigenvalue weighted by Crippen LogP contribution is -2.66. The van der Waals surface area contributed by atoms with Crippen LogP contribution < -0.4 is 0 Å². The maximum absolute atomic E-state index is 11.1. The van der Waals surface area contributed by atoms with Crippen LogP contribution in [0.15, 0.2) is 55.6 Å². The van der Waals surface area contributed by atoms with Gasteiger partial charge in [0.2, 0.25) is 0 Å². The van der Waals surface area contributed by atoms with Gasteiger partial charge in [0.05, 0.1) is 26.4 Å². The Bertz CT molecular complexity index is 837. The van der Waals surface area contributed by atoms with Crippen LogP contribution in [0, 0.1) is 0 Å². The first-order valence-corrected chi connectivity index (χ1v) is 11.9. The fraction of sp³-hybridized carbons (Fsp3) is 0.600. The average molecular weight is 511 g/mol. The molecule has 0 spiro atoms. The van der Waals surface area contributed by atoms with Crippen molar-refractivity contribution in [2.24, 2.45) is 0 Å². The molecule has 0 aliphatic carbocycles. The van der Waals surface area contributed by atoms with Crippen LogP contribution in [0.1, 0.15) is 11.9 Å². The normalized spacial score (nSPS) is 40.8. The van der Waals surface area contributed by atoms with Crippen LogP contribution in [0.3, 0.4) is 0 Å². The molecule has 4 rings (SSSR count). The van der Waals surface area contributed by atoms with Gasteiger partial charge in [0, 0.05) is 5.56 Å². The first kappa shape index (κ1) is 27.3. The van der Waals surface area contributed by atoms with Gasteiger partial charge in [0.1, 0.15) is 48.8 Å². The third-order valence-electron chi connectivity index (χ3n) is 6.28. The van der Waals surface area contributed by atoms with Gasteiger partial charge in [-0.3, -0.25) is 0 Å². The highest BCUT2D eigenvalue weighted by molar-refractivity contribution is 5.16. The first-order valence-electron chi connectivity index (χ1n) is 11.9. The van der Waals surface area contributed by atoms with Crippen LogP contribution in [-0.2, 0) is 33.2 Å². The molecule has 0 aromatic heterocycles. The Morgan fingerprint density at radius 1 is 0.861 bits per heavy atom. The summed E-state index contributed by atoms with van der Waals surface area (Å²) in [6.45, 7) is 6.97. The summed E-state index contributed by atoms with van der Waals surface area (Å²) >= 11 is 0. The van der Waals surface area contributed by atoms with E-state index in [9.17, 15) is 20.4 Å². The minimum Gasteiger partial charge on any atom is -0.394 e. The molecule has 3 fully saturated rings. The van der Waals surface area contributed by atoms with Crippen molar-refractivity contribution in [3.05, 3.63) is 61.2 Å². The molecule has 11 nitrogen and oxygen atoms in total. The highest BCUT2D eigenvalue weighted by Gasteiger charge is 2.53. The van der Waals surface area contributed by atoms with Crippen molar-refractivity contribution in [1.82, 2.24) is 0 Å². The number of hydrogen-bond acceptors (Lipinski definition) is 11. The molecular weight excluding hydrogens is 476 g/mol. The quantitative estimate of drug-likeness (QED) is 0.310. The Morgan fingerprint density at radius 2 is 1.58 bits per heavy atom. The summed E-state index contributed by atoms with van der Waals surface area (Å²) in [5, 5.41) is 42.2. The van der Waals surface area contributed by atoms with Crippen LogP contribution in [0.2, 0.25) is 0 Å². The molecule has 200 valence electrons. The molecule has 0 bridgehead atoms. The van der Waals surface area contributed by atoms with Gasteiger partial charge >= 0.3 is 0 Å². The average Bonchev–Trinajstić information content (AvgIpc) is 2.91. The molecule has 0 unspecified atom stereocenters. The lowest BCUT2D eigenvalue weighted by molar-refractivity contribution is -0.387. The summed E-state index contributed by atoms with van der Waals surface area (Å²) in [6, 6.07) is 9.36. The van der Waals surface area contributed by atoms with E-state index >= 15 is 0 Å². The van der Waals surface area contributed by atoms with E-state index in [2.05, 4.69) is 13.2 Å². The van der Waals surface area contributed by atoms with Gasteiger partial charge in [-0.1, -0.05) is 42.5 Å². The molecule has 3 saturated heterocycles. The van der Waals surface area contributed by atoms with Crippen molar-refractivity contribution >= 4 is 0 Å². The van der Waals surface area contributed by atoms with E-state index in [4.69, 9.17) is 33.2 Å². The van der Waals surface area contributed by atoms with Crippen LogP contribution >= 0.6 is 0 Å². The molecule has 4 N–H and O–H groups in total. The second kappa shape index (κ2) is 12.7. The Balaban J connectivity index is 1.49. The summed E-state index contributed by atoms with van der Waals surface area (Å²) in [6.07, 6.45) is -9.07. The minimum absolute atomic E-state index is 0.0674. The van der Waals surface area contributed by atoms with Gasteiger partial charge in [-0.05, 0) is 0 Å². The van der Waals surface area contributed by atoms with Gasteiger partial charge in [-0.25, -0.2) is 0 Å². The van der Waals surface area contributed by atoms with E-state index in [-0.39, 0.29) is 19.8 Å². The highest BCUT2D eigenvalue weighted by atomic mass is 16.8. The fourth-order valence-electron chi connectivity index (χ4n) is 4.50. The molecule has 3 heterocycles. The molecular formula is C25H34O11. The Morgan fingerprint density at radius 3 is 2.28 bits per heavy atom. The number of ether oxygens (including phenoxy) is 7. The number of aliphatic hydroxyl groups excluding tert-OH is 4. The zero-order chi connectivity index (χ0) is 25.7. The molecule has 36 heavy (non-hydrogen) atoms. The lowest BCUT2D eigenvalue weighted by Gasteiger charge is -2.49. The topological polar surface area (TPSA) is 146 Å². The van der Waals surface area contributed by atoms with Crippen LogP contribution in [0.25, 0.3) is 0 Å². The third-order valence-corrected chi connectivity index (χ3v) is 6.28. The molecule has 1 aromatic carbocycles. The van der Waals surface area contributed by atoms with Crippen molar-refractivity contribution in [1.29, 1.82) is 0 Å². The van der Waals surface area contributed by atoms with Gasteiger partial charge in [0.15, 0.2) is 18.9 Å². The fourth-order valence-corrected chi connectivity index (χ4v) is 4.50. The summed E-state index contributed by atoms with van der Waals surface area (Å²) in [5.74, 6) is 0. The smallest absolute Gasteiger partial charge is 0.187 e. The van der Waals surface area contributed by atoms with E-state index in [1.165, 1.54) is 6.08 Å². The number of hydrogen-bond donors (Lipinski definition) is 4. The molecule has 3 aliphatic rings. The summed E-state index contributed by atoms with van der Waals surface area (Å²) in [4.78, 5) is 0.